The van der Waals surface area contributed by atoms with E-state index in [9.17, 15) is 0 Å². The number of rotatable bonds is 2. The maximum Gasteiger partial charge on any atom is 0.127 e. The molecule has 1 aromatic heterocycles. The number of hydrogen-bond acceptors (Lipinski definition) is 3. The summed E-state index contributed by atoms with van der Waals surface area (Å²) in [4.78, 5) is 0. The monoisotopic (exact) mass is 217 g/mol. The van der Waals surface area contributed by atoms with Crippen molar-refractivity contribution in [3.05, 3.63) is 35.5 Å². The molecule has 2 N–H and O–H groups in total. The van der Waals surface area contributed by atoms with Gasteiger partial charge in [0.1, 0.15) is 11.6 Å². The van der Waals surface area contributed by atoms with E-state index in [-0.39, 0.29) is 0 Å². The Bertz CT molecular complexity index is 517. The third kappa shape index (κ3) is 1.86. The molecule has 0 aliphatic heterocycles. The van der Waals surface area contributed by atoms with Crippen molar-refractivity contribution < 1.29 is 4.74 Å². The normalized spacial score (nSPS) is 10.4. The second kappa shape index (κ2) is 3.89. The number of benzene rings is 1. The average molecular weight is 217 g/mol. The summed E-state index contributed by atoms with van der Waals surface area (Å²) < 4.78 is 6.94. The highest BCUT2D eigenvalue weighted by molar-refractivity contribution is 5.48. The lowest BCUT2D eigenvalue weighted by atomic mass is 10.2. The highest BCUT2D eigenvalue weighted by atomic mass is 16.5. The molecule has 0 aliphatic rings. The predicted octanol–water partition coefficient (Wildman–Crippen LogP) is 2.08. The number of nitrogens with two attached hydrogens (primary N) is 1. The van der Waals surface area contributed by atoms with Crippen molar-refractivity contribution in [2.24, 2.45) is 0 Å². The third-order valence-electron chi connectivity index (χ3n) is 2.37. The first-order chi connectivity index (χ1) is 7.60. The summed E-state index contributed by atoms with van der Waals surface area (Å²) >= 11 is 0. The van der Waals surface area contributed by atoms with Gasteiger partial charge in [0.25, 0.3) is 0 Å². The van der Waals surface area contributed by atoms with Crippen molar-refractivity contribution in [1.82, 2.24) is 9.78 Å². The van der Waals surface area contributed by atoms with Gasteiger partial charge in [0, 0.05) is 12.1 Å². The maximum absolute atomic E-state index is 5.87. The number of aromatic nitrogens is 2. The highest BCUT2D eigenvalue weighted by Crippen LogP contribution is 2.21. The molecular formula is C12H15N3O. The van der Waals surface area contributed by atoms with Gasteiger partial charge in [-0.15, -0.1) is 0 Å². The van der Waals surface area contributed by atoms with E-state index in [1.807, 2.05) is 38.1 Å². The van der Waals surface area contributed by atoms with Crippen molar-refractivity contribution in [1.29, 1.82) is 0 Å². The van der Waals surface area contributed by atoms with Crippen molar-refractivity contribution in [3.8, 4) is 11.4 Å². The summed E-state index contributed by atoms with van der Waals surface area (Å²) in [6.45, 7) is 3.93. The van der Waals surface area contributed by atoms with Gasteiger partial charge in [-0.1, -0.05) is 0 Å². The number of methoxy groups -OCH3 is 1. The van der Waals surface area contributed by atoms with Gasteiger partial charge in [-0.3, -0.25) is 0 Å². The Morgan fingerprint density at radius 2 is 1.94 bits per heavy atom. The molecule has 0 fully saturated rings. The Morgan fingerprint density at radius 1 is 1.19 bits per heavy atom. The predicted molar refractivity (Wildman–Crippen MR) is 64.0 cm³/mol. The number of aryl methyl sites for hydroxylation is 2. The van der Waals surface area contributed by atoms with Crippen LogP contribution >= 0.6 is 0 Å². The second-order valence-corrected chi connectivity index (χ2v) is 3.83. The van der Waals surface area contributed by atoms with E-state index in [1.54, 1.807) is 11.8 Å². The molecule has 0 aliphatic carbocycles. The van der Waals surface area contributed by atoms with E-state index in [0.29, 0.717) is 5.82 Å². The van der Waals surface area contributed by atoms with Crippen molar-refractivity contribution in [3.63, 3.8) is 0 Å². The molecule has 16 heavy (non-hydrogen) atoms. The van der Waals surface area contributed by atoms with Gasteiger partial charge in [-0.2, -0.15) is 5.10 Å². The Morgan fingerprint density at radius 3 is 2.50 bits per heavy atom. The molecule has 0 spiro atoms. The summed E-state index contributed by atoms with van der Waals surface area (Å²) in [5, 5.41) is 4.33. The topological polar surface area (TPSA) is 53.1 Å². The number of anilines is 1. The van der Waals surface area contributed by atoms with Crippen LogP contribution in [0.1, 0.15) is 11.3 Å². The van der Waals surface area contributed by atoms with Gasteiger partial charge in [-0.25, -0.2) is 4.68 Å². The van der Waals surface area contributed by atoms with Crippen LogP contribution in [0.2, 0.25) is 0 Å². The van der Waals surface area contributed by atoms with Crippen LogP contribution in [0.4, 0.5) is 5.82 Å². The van der Waals surface area contributed by atoms with E-state index in [1.165, 1.54) is 0 Å². The van der Waals surface area contributed by atoms with Gasteiger partial charge in [0.2, 0.25) is 0 Å². The first kappa shape index (κ1) is 10.5. The minimum atomic E-state index is 0.630. The zero-order chi connectivity index (χ0) is 11.7. The lowest BCUT2D eigenvalue weighted by Crippen LogP contribution is -2.02. The molecule has 0 amide bonds. The number of nitrogens with zero attached hydrogens (tertiary/aromatic N) is 2. The molecule has 2 rings (SSSR count). The van der Waals surface area contributed by atoms with Crippen LogP contribution in [-0.2, 0) is 0 Å². The molecule has 0 saturated carbocycles. The standard InChI is InChI=1S/C12H15N3O/c1-8-4-10(7-11(5-8)16-3)15-12(13)6-9(2)14-15/h4-7H,13H2,1-3H3. The van der Waals surface area contributed by atoms with Crippen molar-refractivity contribution in [2.45, 2.75) is 13.8 Å². The van der Waals surface area contributed by atoms with Gasteiger partial charge >= 0.3 is 0 Å². The largest absolute Gasteiger partial charge is 0.497 e. The van der Waals surface area contributed by atoms with Crippen LogP contribution < -0.4 is 10.5 Å². The third-order valence-corrected chi connectivity index (χ3v) is 2.37. The fourth-order valence-electron chi connectivity index (χ4n) is 1.69. The summed E-state index contributed by atoms with van der Waals surface area (Å²) in [5.74, 6) is 1.44. The van der Waals surface area contributed by atoms with Gasteiger partial charge in [0.15, 0.2) is 0 Å². The molecule has 4 heteroatoms. The maximum atomic E-state index is 5.87. The second-order valence-electron chi connectivity index (χ2n) is 3.83. The Balaban J connectivity index is 2.55. The molecule has 0 radical (unpaired) electrons. The van der Waals surface area contributed by atoms with Crippen molar-refractivity contribution >= 4 is 5.82 Å². The quantitative estimate of drug-likeness (QED) is 0.837. The minimum Gasteiger partial charge on any atom is -0.497 e. The first-order valence-corrected chi connectivity index (χ1v) is 5.08. The number of ether oxygens (including phenoxy) is 1. The van der Waals surface area contributed by atoms with Gasteiger partial charge < -0.3 is 10.5 Å². The van der Waals surface area contributed by atoms with Crippen LogP contribution in [0.3, 0.4) is 0 Å². The molecule has 0 saturated heterocycles. The molecular weight excluding hydrogens is 202 g/mol. The van der Waals surface area contributed by atoms with E-state index in [0.717, 1.165) is 22.7 Å². The van der Waals surface area contributed by atoms with Crippen LogP contribution in [0.5, 0.6) is 5.75 Å². The SMILES string of the molecule is COc1cc(C)cc(-n2nc(C)cc2N)c1. The van der Waals surface area contributed by atoms with Crippen LogP contribution in [0.15, 0.2) is 24.3 Å². The molecule has 1 heterocycles. The molecule has 4 nitrogen and oxygen atoms in total. The lowest BCUT2D eigenvalue weighted by molar-refractivity contribution is 0.414. The summed E-state index contributed by atoms with van der Waals surface area (Å²) in [5.41, 5.74) is 8.81. The van der Waals surface area contributed by atoms with E-state index in [2.05, 4.69) is 5.10 Å². The fraction of sp³-hybridized carbons (Fsp3) is 0.250. The van der Waals surface area contributed by atoms with Gasteiger partial charge in [0.05, 0.1) is 18.5 Å². The van der Waals surface area contributed by atoms with Gasteiger partial charge in [-0.05, 0) is 31.5 Å². The molecule has 84 valence electrons. The molecule has 1 aromatic carbocycles. The van der Waals surface area contributed by atoms with Crippen molar-refractivity contribution in [2.75, 3.05) is 12.8 Å². The van der Waals surface area contributed by atoms with Crippen LogP contribution in [-0.4, -0.2) is 16.9 Å². The first-order valence-electron chi connectivity index (χ1n) is 5.08. The molecule has 2 aromatic rings. The summed E-state index contributed by atoms with van der Waals surface area (Å²) in [6, 6.07) is 7.74. The highest BCUT2D eigenvalue weighted by Gasteiger charge is 2.06. The van der Waals surface area contributed by atoms with Crippen LogP contribution in [0, 0.1) is 13.8 Å². The number of hydrogen-bond donors (Lipinski definition) is 1. The fourth-order valence-corrected chi connectivity index (χ4v) is 1.69. The number of nitrogen functional groups attached to an aromatic ring is 1. The smallest absolute Gasteiger partial charge is 0.127 e. The Labute approximate surface area is 94.6 Å². The summed E-state index contributed by atoms with van der Waals surface area (Å²) in [6.07, 6.45) is 0. The zero-order valence-electron chi connectivity index (χ0n) is 9.69. The zero-order valence-corrected chi connectivity index (χ0v) is 9.69. The Kier molecular flexibility index (Phi) is 2.56. The lowest BCUT2D eigenvalue weighted by Gasteiger charge is -2.08. The van der Waals surface area contributed by atoms with E-state index >= 15 is 0 Å². The molecule has 0 bridgehead atoms. The van der Waals surface area contributed by atoms with E-state index in [4.69, 9.17) is 10.5 Å². The Hall–Kier alpha value is -1.97. The molecule has 0 unspecified atom stereocenters. The molecule has 0 atom stereocenters. The van der Waals surface area contributed by atoms with Crippen LogP contribution in [0.25, 0.3) is 5.69 Å². The summed E-state index contributed by atoms with van der Waals surface area (Å²) in [7, 11) is 1.65. The average Bonchev–Trinajstić information content (AvgIpc) is 2.57. The van der Waals surface area contributed by atoms with E-state index < -0.39 is 0 Å². The minimum absolute atomic E-state index is 0.630.